The van der Waals surface area contributed by atoms with Crippen molar-refractivity contribution in [1.82, 2.24) is 19.1 Å². The van der Waals surface area contributed by atoms with Crippen LogP contribution in [0, 0.1) is 0 Å². The van der Waals surface area contributed by atoms with Gasteiger partial charge in [0.2, 0.25) is 0 Å². The molecule has 0 fully saturated rings. The number of rotatable bonds is 12. The SMILES string of the molecule is Clc1ccc(CO[C@H](Cn2ccnc2)c2ccc(Cl)cc2Cl)c(Cl)c1.Clc1ccc(CO[C@H](Cn2ccnc2)c2ccc(Cl)cc2Cl)c(Cl)c1.OO. The smallest absolute Gasteiger partial charge is 0.102 e. The molecule has 0 amide bonds. The monoisotopic (exact) mass is 862 g/mol. The number of nitrogens with zero attached hydrogens (tertiary/aromatic N) is 4. The second-order valence-electron chi connectivity index (χ2n) is 10.9. The number of hydrogen-bond acceptors (Lipinski definition) is 6. The van der Waals surface area contributed by atoms with Crippen molar-refractivity contribution in [3.05, 3.63) is 173 Å². The molecule has 0 unspecified atom stereocenters. The van der Waals surface area contributed by atoms with E-state index in [2.05, 4.69) is 9.97 Å². The maximum absolute atomic E-state index is 6.37. The Kier molecular flexibility index (Phi) is 17.3. The van der Waals surface area contributed by atoms with Crippen LogP contribution in [0.5, 0.6) is 0 Å². The van der Waals surface area contributed by atoms with Gasteiger partial charge in [-0.2, -0.15) is 0 Å². The Bertz CT molecular complexity index is 1860. The van der Waals surface area contributed by atoms with Crippen LogP contribution in [0.15, 0.2) is 110 Å². The zero-order valence-corrected chi connectivity index (χ0v) is 32.9. The fraction of sp³-hybridized carbons (Fsp3) is 0.167. The molecule has 4 aromatic carbocycles. The Morgan fingerprint density at radius 1 is 0.500 bits per heavy atom. The van der Waals surface area contributed by atoms with Crippen LogP contribution in [0.25, 0.3) is 0 Å². The first-order chi connectivity index (χ1) is 25.0. The summed E-state index contributed by atoms with van der Waals surface area (Å²) in [5.74, 6) is 0. The first-order valence-electron chi connectivity index (χ1n) is 15.2. The lowest BCUT2D eigenvalue weighted by molar-refractivity contribution is -0.176. The third-order valence-corrected chi connectivity index (χ3v) is 9.70. The van der Waals surface area contributed by atoms with Crippen molar-refractivity contribution >= 4 is 92.8 Å². The van der Waals surface area contributed by atoms with E-state index in [0.29, 0.717) is 66.5 Å². The minimum Gasteiger partial charge on any atom is -0.367 e. The number of imidazole rings is 2. The van der Waals surface area contributed by atoms with Crippen LogP contribution in [0.2, 0.25) is 40.2 Å². The standard InChI is InChI=1S/2C18H14Cl4N2O.H2O2/c2*19-13-2-1-12(16(21)7-13)10-25-18(9-24-6-5-23-11-24)15-4-3-14(20)8-17(15)22;1-2/h2*1-8,11,18H,9-10H2;1-2H/t2*18-;/m11./s1. The molecule has 8 nitrogen and oxygen atoms in total. The summed E-state index contributed by atoms with van der Waals surface area (Å²) in [4.78, 5) is 8.13. The zero-order chi connectivity index (χ0) is 37.6. The summed E-state index contributed by atoms with van der Waals surface area (Å²) < 4.78 is 16.1. The minimum absolute atomic E-state index is 0.286. The summed E-state index contributed by atoms with van der Waals surface area (Å²) in [6, 6.07) is 21.4. The first kappa shape index (κ1) is 42.2. The van der Waals surface area contributed by atoms with E-state index in [0.717, 1.165) is 22.3 Å². The molecule has 0 aliphatic carbocycles. The minimum atomic E-state index is -0.286. The number of halogens is 8. The molecule has 0 saturated heterocycles. The molecule has 52 heavy (non-hydrogen) atoms. The van der Waals surface area contributed by atoms with Gasteiger partial charge in [0.25, 0.3) is 0 Å². The third-order valence-electron chi connectivity index (χ3n) is 7.40. The average molecular weight is 866 g/mol. The largest absolute Gasteiger partial charge is 0.367 e. The van der Waals surface area contributed by atoms with E-state index >= 15 is 0 Å². The quantitative estimate of drug-likeness (QED) is 0.0940. The van der Waals surface area contributed by atoms with E-state index in [1.165, 1.54) is 0 Å². The molecule has 0 bridgehead atoms. The van der Waals surface area contributed by atoms with Crippen LogP contribution in [-0.4, -0.2) is 29.6 Å². The fourth-order valence-electron chi connectivity index (χ4n) is 4.84. The number of benzene rings is 4. The van der Waals surface area contributed by atoms with Crippen molar-refractivity contribution in [3.8, 4) is 0 Å². The van der Waals surface area contributed by atoms with Crippen LogP contribution in [0.3, 0.4) is 0 Å². The fourth-order valence-corrected chi connectivity index (χ4v) is 6.82. The van der Waals surface area contributed by atoms with Crippen molar-refractivity contribution in [2.45, 2.75) is 38.5 Å². The highest BCUT2D eigenvalue weighted by atomic mass is 35.5. The van der Waals surface area contributed by atoms with Crippen molar-refractivity contribution in [3.63, 3.8) is 0 Å². The predicted molar refractivity (Wildman–Crippen MR) is 211 cm³/mol. The Morgan fingerprint density at radius 3 is 1.15 bits per heavy atom. The summed E-state index contributed by atoms with van der Waals surface area (Å²) >= 11 is 49.1. The lowest BCUT2D eigenvalue weighted by atomic mass is 10.1. The van der Waals surface area contributed by atoms with Gasteiger partial charge in [0.1, 0.15) is 12.2 Å². The van der Waals surface area contributed by atoms with E-state index in [4.69, 9.17) is 113 Å². The lowest BCUT2D eigenvalue weighted by Gasteiger charge is -2.21. The molecule has 2 aromatic heterocycles. The van der Waals surface area contributed by atoms with Crippen molar-refractivity contribution in [1.29, 1.82) is 0 Å². The maximum Gasteiger partial charge on any atom is 0.102 e. The lowest BCUT2D eigenvalue weighted by Crippen LogP contribution is -2.12. The van der Waals surface area contributed by atoms with Gasteiger partial charge in [-0.1, -0.05) is 117 Å². The van der Waals surface area contributed by atoms with Crippen molar-refractivity contribution in [2.75, 3.05) is 0 Å². The molecule has 2 heterocycles. The van der Waals surface area contributed by atoms with E-state index < -0.39 is 0 Å². The molecular formula is C36H30Cl8N4O4. The second-order valence-corrected chi connectivity index (χ2v) is 14.3. The van der Waals surface area contributed by atoms with Gasteiger partial charge in [-0.3, -0.25) is 10.5 Å². The van der Waals surface area contributed by atoms with Crippen molar-refractivity contribution < 1.29 is 20.0 Å². The van der Waals surface area contributed by atoms with Crippen LogP contribution in [-0.2, 0) is 35.8 Å². The molecule has 0 aliphatic heterocycles. The topological polar surface area (TPSA) is 94.6 Å². The maximum atomic E-state index is 6.37. The molecule has 0 radical (unpaired) electrons. The number of hydrogen-bond donors (Lipinski definition) is 2. The Hall–Kier alpha value is -2.54. The van der Waals surface area contributed by atoms with Gasteiger partial charge in [-0.15, -0.1) is 0 Å². The van der Waals surface area contributed by atoms with Gasteiger partial charge in [0.15, 0.2) is 0 Å². The Balaban J connectivity index is 0.000000222. The van der Waals surface area contributed by atoms with Gasteiger partial charge in [0, 0.05) is 76.1 Å². The number of aromatic nitrogens is 4. The summed E-state index contributed by atoms with van der Waals surface area (Å²) in [7, 11) is 0. The normalized spacial score (nSPS) is 12.0. The number of ether oxygens (including phenoxy) is 2. The molecule has 6 rings (SSSR count). The van der Waals surface area contributed by atoms with Crippen molar-refractivity contribution in [2.24, 2.45) is 0 Å². The summed E-state index contributed by atoms with van der Waals surface area (Å²) in [5.41, 5.74) is 3.41. The molecule has 2 atom stereocenters. The van der Waals surface area contributed by atoms with Crippen LogP contribution >= 0.6 is 92.8 Å². The van der Waals surface area contributed by atoms with Crippen LogP contribution < -0.4 is 0 Å². The highest BCUT2D eigenvalue weighted by Gasteiger charge is 2.19. The molecule has 274 valence electrons. The zero-order valence-electron chi connectivity index (χ0n) is 26.9. The van der Waals surface area contributed by atoms with Gasteiger partial charge in [-0.25, -0.2) is 9.97 Å². The molecule has 0 aliphatic rings. The van der Waals surface area contributed by atoms with Gasteiger partial charge in [-0.05, 0) is 59.7 Å². The Labute approximate surface area is 340 Å². The first-order valence-corrected chi connectivity index (χ1v) is 18.2. The molecular weight excluding hydrogens is 836 g/mol. The molecule has 0 spiro atoms. The van der Waals surface area contributed by atoms with Gasteiger partial charge in [0.05, 0.1) is 39.0 Å². The summed E-state index contributed by atoms with van der Waals surface area (Å²) in [5, 5.41) is 16.6. The van der Waals surface area contributed by atoms with E-state index in [-0.39, 0.29) is 12.2 Å². The van der Waals surface area contributed by atoms with E-state index in [1.54, 1.807) is 73.6 Å². The van der Waals surface area contributed by atoms with Gasteiger partial charge < -0.3 is 18.6 Å². The average Bonchev–Trinajstić information content (AvgIpc) is 3.83. The highest BCUT2D eigenvalue weighted by Crippen LogP contribution is 2.33. The second kappa shape index (κ2) is 21.4. The van der Waals surface area contributed by atoms with Gasteiger partial charge >= 0.3 is 0 Å². The molecule has 6 aromatic rings. The molecule has 2 N–H and O–H groups in total. The molecule has 0 saturated carbocycles. The van der Waals surface area contributed by atoms with E-state index in [1.807, 2.05) is 45.8 Å². The van der Waals surface area contributed by atoms with Crippen LogP contribution in [0.4, 0.5) is 0 Å². The Morgan fingerprint density at radius 2 is 0.846 bits per heavy atom. The molecule has 16 heteroatoms. The summed E-state index contributed by atoms with van der Waals surface area (Å²) in [6.45, 7) is 1.78. The van der Waals surface area contributed by atoms with Crippen LogP contribution in [0.1, 0.15) is 34.5 Å². The summed E-state index contributed by atoms with van der Waals surface area (Å²) in [6.07, 6.45) is 10.1. The third kappa shape index (κ3) is 12.8. The van der Waals surface area contributed by atoms with E-state index in [9.17, 15) is 0 Å². The predicted octanol–water partition coefficient (Wildman–Crippen LogP) is 12.9. The highest BCUT2D eigenvalue weighted by molar-refractivity contribution is 6.36.